The molecule has 2 N–H and O–H groups in total. The Labute approximate surface area is 196 Å². The van der Waals surface area contributed by atoms with E-state index < -0.39 is 0 Å². The highest BCUT2D eigenvalue weighted by Gasteiger charge is 2.20. The molecule has 3 heterocycles. The molecule has 34 heavy (non-hydrogen) atoms. The molecule has 0 fully saturated rings. The minimum absolute atomic E-state index is 0.00331. The molecule has 5 rings (SSSR count). The molecule has 1 aliphatic heterocycles. The van der Waals surface area contributed by atoms with Crippen LogP contribution in [0.15, 0.2) is 48.7 Å². The fraction of sp³-hybridized carbons (Fsp3) is 0.280. The van der Waals surface area contributed by atoms with Gasteiger partial charge in [0.15, 0.2) is 0 Å². The number of carbonyl (C=O) groups is 1. The van der Waals surface area contributed by atoms with E-state index in [1.165, 1.54) is 12.1 Å². The lowest BCUT2D eigenvalue weighted by molar-refractivity contribution is -0.120. The maximum absolute atomic E-state index is 13.6. The third-order valence-corrected chi connectivity index (χ3v) is 5.86. The molecular weight excluding hydrogens is 435 g/mol. The summed E-state index contributed by atoms with van der Waals surface area (Å²) >= 11 is 0. The first-order chi connectivity index (χ1) is 16.6. The summed E-state index contributed by atoms with van der Waals surface area (Å²) in [5.41, 5.74) is 4.45. The van der Waals surface area contributed by atoms with E-state index in [-0.39, 0.29) is 11.7 Å². The number of nitrogens with zero attached hydrogens (tertiary/aromatic N) is 4. The number of halogens is 1. The predicted molar refractivity (Wildman–Crippen MR) is 126 cm³/mol. The minimum atomic E-state index is -0.271. The lowest BCUT2D eigenvalue weighted by Gasteiger charge is -2.20. The third kappa shape index (κ3) is 4.47. The smallest absolute Gasteiger partial charge is 0.253 e. The largest absolute Gasteiger partial charge is 0.375 e. The van der Waals surface area contributed by atoms with Crippen LogP contribution in [0, 0.1) is 5.82 Å². The van der Waals surface area contributed by atoms with E-state index in [1.807, 2.05) is 31.2 Å². The van der Waals surface area contributed by atoms with Gasteiger partial charge < -0.3 is 15.4 Å². The highest BCUT2D eigenvalue weighted by atomic mass is 19.1. The molecule has 1 aliphatic rings. The Morgan fingerprint density at radius 1 is 1.18 bits per heavy atom. The zero-order valence-electron chi connectivity index (χ0n) is 18.8. The number of amides is 1. The number of fused-ring (bicyclic) bond motifs is 2. The van der Waals surface area contributed by atoms with Gasteiger partial charge in [-0.25, -0.2) is 9.37 Å². The second kappa shape index (κ2) is 9.56. The summed E-state index contributed by atoms with van der Waals surface area (Å²) in [6.07, 6.45) is 2.90. The van der Waals surface area contributed by atoms with E-state index in [2.05, 4.69) is 15.7 Å². The zero-order valence-corrected chi connectivity index (χ0v) is 18.8. The second-order valence-corrected chi connectivity index (χ2v) is 8.12. The van der Waals surface area contributed by atoms with Crippen LogP contribution in [0.3, 0.4) is 0 Å². The molecule has 0 aliphatic carbocycles. The highest BCUT2D eigenvalue weighted by Crippen LogP contribution is 2.26. The molecule has 1 amide bonds. The van der Waals surface area contributed by atoms with Crippen LogP contribution in [0.4, 0.5) is 10.2 Å². The average molecular weight is 461 g/mol. The Morgan fingerprint density at radius 3 is 2.91 bits per heavy atom. The van der Waals surface area contributed by atoms with Crippen LogP contribution in [-0.4, -0.2) is 32.3 Å². The zero-order chi connectivity index (χ0) is 23.5. The van der Waals surface area contributed by atoms with Crippen molar-refractivity contribution in [3.05, 3.63) is 76.9 Å². The van der Waals surface area contributed by atoms with Crippen LogP contribution < -0.4 is 10.6 Å². The molecule has 0 spiro atoms. The van der Waals surface area contributed by atoms with Gasteiger partial charge in [-0.15, -0.1) is 0 Å². The number of benzene rings is 2. The first-order valence-corrected chi connectivity index (χ1v) is 11.3. The Balaban J connectivity index is 1.50. The van der Waals surface area contributed by atoms with Crippen LogP contribution >= 0.6 is 0 Å². The van der Waals surface area contributed by atoms with Crippen LogP contribution in [0.25, 0.3) is 16.9 Å². The van der Waals surface area contributed by atoms with Crippen molar-refractivity contribution in [2.45, 2.75) is 39.5 Å². The predicted octanol–water partition coefficient (Wildman–Crippen LogP) is 3.67. The van der Waals surface area contributed by atoms with Gasteiger partial charge in [-0.2, -0.15) is 14.8 Å². The summed E-state index contributed by atoms with van der Waals surface area (Å²) in [4.78, 5) is 21.3. The van der Waals surface area contributed by atoms with Crippen molar-refractivity contribution in [3.63, 3.8) is 0 Å². The number of hydrogen-bond donors (Lipinski definition) is 2. The quantitative estimate of drug-likeness (QED) is 0.437. The molecule has 0 saturated heterocycles. The molecule has 8 nitrogen and oxygen atoms in total. The fourth-order valence-electron chi connectivity index (χ4n) is 4.06. The molecule has 2 aromatic heterocycles. The van der Waals surface area contributed by atoms with Crippen molar-refractivity contribution in [1.82, 2.24) is 25.1 Å². The number of carbonyl (C=O) groups excluding carboxylic acids is 1. The maximum atomic E-state index is 13.6. The van der Waals surface area contributed by atoms with Gasteiger partial charge >= 0.3 is 0 Å². The van der Waals surface area contributed by atoms with Crippen LogP contribution in [0.2, 0.25) is 0 Å². The highest BCUT2D eigenvalue weighted by molar-refractivity contribution is 5.84. The lowest BCUT2D eigenvalue weighted by Crippen LogP contribution is -2.21. The van der Waals surface area contributed by atoms with Crippen molar-refractivity contribution in [3.8, 4) is 5.95 Å². The summed E-state index contributed by atoms with van der Waals surface area (Å²) < 4.78 is 20.9. The average Bonchev–Trinajstić information content (AvgIpc) is 3.30. The van der Waals surface area contributed by atoms with Gasteiger partial charge in [-0.3, -0.25) is 4.79 Å². The number of ether oxygens (including phenoxy) is 1. The number of anilines is 1. The first kappa shape index (κ1) is 22.0. The van der Waals surface area contributed by atoms with Gasteiger partial charge in [-0.1, -0.05) is 31.2 Å². The Bertz CT molecular complexity index is 1350. The molecular formula is C25H25FN6O2. The van der Waals surface area contributed by atoms with Gasteiger partial charge in [-0.05, 0) is 29.3 Å². The molecule has 4 aromatic rings. The van der Waals surface area contributed by atoms with Crippen LogP contribution in [0.1, 0.15) is 35.7 Å². The molecule has 0 bridgehead atoms. The van der Waals surface area contributed by atoms with Crippen molar-refractivity contribution in [1.29, 1.82) is 0 Å². The molecule has 9 heteroatoms. The van der Waals surface area contributed by atoms with E-state index in [0.717, 1.165) is 33.3 Å². The van der Waals surface area contributed by atoms with E-state index in [4.69, 9.17) is 14.7 Å². The second-order valence-electron chi connectivity index (χ2n) is 8.12. The number of nitrogens with one attached hydrogen (secondary N) is 2. The topological polar surface area (TPSA) is 94.0 Å². The first-order valence-electron chi connectivity index (χ1n) is 11.3. The van der Waals surface area contributed by atoms with Gasteiger partial charge in [0.25, 0.3) is 5.95 Å². The summed E-state index contributed by atoms with van der Waals surface area (Å²) in [5.74, 6) is 0.849. The van der Waals surface area contributed by atoms with Crippen molar-refractivity contribution in [2.24, 2.45) is 0 Å². The Morgan fingerprint density at radius 2 is 2.06 bits per heavy atom. The van der Waals surface area contributed by atoms with Crippen molar-refractivity contribution >= 4 is 22.6 Å². The van der Waals surface area contributed by atoms with Crippen molar-refractivity contribution < 1.29 is 13.9 Å². The summed E-state index contributed by atoms with van der Waals surface area (Å²) in [6.45, 7) is 3.68. The normalized spacial score (nSPS) is 13.0. The summed E-state index contributed by atoms with van der Waals surface area (Å²) in [6, 6.07) is 12.3. The molecule has 0 saturated carbocycles. The Hall–Kier alpha value is -3.85. The van der Waals surface area contributed by atoms with Gasteiger partial charge in [0.05, 0.1) is 30.6 Å². The molecule has 0 unspecified atom stereocenters. The van der Waals surface area contributed by atoms with Crippen LogP contribution in [0.5, 0.6) is 0 Å². The van der Waals surface area contributed by atoms with E-state index in [1.54, 1.807) is 16.9 Å². The number of hydrogen-bond acceptors (Lipinski definition) is 6. The van der Waals surface area contributed by atoms with E-state index in [9.17, 15) is 9.18 Å². The minimum Gasteiger partial charge on any atom is -0.375 e. The van der Waals surface area contributed by atoms with Crippen molar-refractivity contribution in [2.75, 3.05) is 11.9 Å². The third-order valence-electron chi connectivity index (χ3n) is 5.86. The monoisotopic (exact) mass is 460 g/mol. The maximum Gasteiger partial charge on any atom is 0.253 e. The van der Waals surface area contributed by atoms with Gasteiger partial charge in [0.1, 0.15) is 11.6 Å². The molecule has 0 radical (unpaired) electrons. The lowest BCUT2D eigenvalue weighted by atomic mass is 10.1. The fourth-order valence-corrected chi connectivity index (χ4v) is 4.06. The van der Waals surface area contributed by atoms with E-state index >= 15 is 0 Å². The standard InChI is InChI=1S/C25H25FN6O2/c1-2-23(33)27-13-17-6-4-8-22-20(17)14-29-32(22)25-30-21-15-34-10-9-19(21)24(31-25)28-12-16-5-3-7-18(26)11-16/h3-8,11,14H,2,9-10,12-13,15H2,1H3,(H,27,33)(H,28,30,31). The van der Waals surface area contributed by atoms with Gasteiger partial charge in [0.2, 0.25) is 5.91 Å². The summed E-state index contributed by atoms with van der Waals surface area (Å²) in [7, 11) is 0. The molecule has 2 aromatic carbocycles. The SMILES string of the molecule is CCC(=O)NCc1cccc2c1cnn2-c1nc2c(c(NCc3cccc(F)c3)n1)CCOC2. The molecule has 0 atom stereocenters. The number of aromatic nitrogens is 4. The van der Waals surface area contributed by atoms with Gasteiger partial charge in [0, 0.05) is 36.9 Å². The van der Waals surface area contributed by atoms with E-state index in [0.29, 0.717) is 50.9 Å². The Kier molecular flexibility index (Phi) is 6.18. The molecule has 174 valence electrons. The number of rotatable bonds is 7. The summed E-state index contributed by atoms with van der Waals surface area (Å²) in [5, 5.41) is 11.7. The van der Waals surface area contributed by atoms with Crippen LogP contribution in [-0.2, 0) is 35.6 Å².